The summed E-state index contributed by atoms with van der Waals surface area (Å²) in [4.78, 5) is 13.2. The maximum atomic E-state index is 4.59. The Kier molecular flexibility index (Phi) is 4.70. The summed E-state index contributed by atoms with van der Waals surface area (Å²) in [6.07, 6.45) is 3.53. The number of hydrogen-bond acceptors (Lipinski definition) is 5. The largest absolute Gasteiger partial charge is 0.354 e. The van der Waals surface area contributed by atoms with Gasteiger partial charge in [0.1, 0.15) is 5.82 Å². The number of anilines is 3. The molecule has 0 unspecified atom stereocenters. The third-order valence-corrected chi connectivity index (χ3v) is 3.77. The van der Waals surface area contributed by atoms with Crippen molar-refractivity contribution >= 4 is 17.5 Å². The molecule has 0 fully saturated rings. The average Bonchev–Trinajstić information content (AvgIpc) is 2.59. The summed E-state index contributed by atoms with van der Waals surface area (Å²) in [5.74, 6) is 1.38. The summed E-state index contributed by atoms with van der Waals surface area (Å²) in [5, 5.41) is 6.64. The molecule has 0 aliphatic heterocycles. The van der Waals surface area contributed by atoms with Crippen LogP contribution in [0.15, 0.2) is 48.8 Å². The van der Waals surface area contributed by atoms with Crippen molar-refractivity contribution in [2.75, 3.05) is 17.2 Å². The minimum atomic E-state index is 0.612. The Balaban J connectivity index is 2.02. The van der Waals surface area contributed by atoms with Crippen molar-refractivity contribution in [1.29, 1.82) is 0 Å². The molecule has 122 valence electrons. The highest BCUT2D eigenvalue weighted by Gasteiger charge is 2.09. The summed E-state index contributed by atoms with van der Waals surface area (Å²) >= 11 is 0. The first-order valence-corrected chi connectivity index (χ1v) is 8.04. The van der Waals surface area contributed by atoms with Gasteiger partial charge >= 0.3 is 0 Å². The molecule has 5 heteroatoms. The molecule has 3 rings (SSSR count). The van der Waals surface area contributed by atoms with Gasteiger partial charge in [-0.3, -0.25) is 4.98 Å². The van der Waals surface area contributed by atoms with E-state index in [1.165, 1.54) is 11.1 Å². The van der Waals surface area contributed by atoms with Crippen LogP contribution >= 0.6 is 0 Å². The Labute approximate surface area is 142 Å². The SMILES string of the molecule is CCNc1nc(Nc2c(C)cccc2C)cc(-c2ccncc2)n1. The molecule has 0 saturated heterocycles. The van der Waals surface area contributed by atoms with E-state index >= 15 is 0 Å². The summed E-state index contributed by atoms with van der Waals surface area (Å²) in [6.45, 7) is 6.97. The lowest BCUT2D eigenvalue weighted by Gasteiger charge is -2.14. The standard InChI is InChI=1S/C19H21N5/c1-4-21-19-22-16(15-8-10-20-11-9-15)12-17(24-19)23-18-13(2)6-5-7-14(18)3/h5-12H,4H2,1-3H3,(H2,21,22,23,24). The van der Waals surface area contributed by atoms with Gasteiger partial charge < -0.3 is 10.6 Å². The second-order valence-corrected chi connectivity index (χ2v) is 5.62. The molecule has 3 aromatic rings. The van der Waals surface area contributed by atoms with Crippen LogP contribution in [0.25, 0.3) is 11.3 Å². The van der Waals surface area contributed by atoms with Gasteiger partial charge in [0.05, 0.1) is 5.69 Å². The summed E-state index contributed by atoms with van der Waals surface area (Å²) in [5.41, 5.74) is 5.32. The van der Waals surface area contributed by atoms with Crippen molar-refractivity contribution < 1.29 is 0 Å². The smallest absolute Gasteiger partial charge is 0.225 e. The minimum absolute atomic E-state index is 0.612. The zero-order chi connectivity index (χ0) is 16.9. The summed E-state index contributed by atoms with van der Waals surface area (Å²) in [6, 6.07) is 12.1. The molecule has 2 heterocycles. The van der Waals surface area contributed by atoms with Crippen molar-refractivity contribution in [3.8, 4) is 11.3 Å². The van der Waals surface area contributed by atoms with Crippen LogP contribution in [0.1, 0.15) is 18.1 Å². The molecule has 0 amide bonds. The topological polar surface area (TPSA) is 62.7 Å². The van der Waals surface area contributed by atoms with Crippen molar-refractivity contribution in [2.24, 2.45) is 0 Å². The second kappa shape index (κ2) is 7.08. The lowest BCUT2D eigenvalue weighted by molar-refractivity contribution is 1.09. The molecule has 5 nitrogen and oxygen atoms in total. The summed E-state index contributed by atoms with van der Waals surface area (Å²) < 4.78 is 0. The van der Waals surface area contributed by atoms with E-state index in [0.29, 0.717) is 5.95 Å². The zero-order valence-electron chi connectivity index (χ0n) is 14.2. The second-order valence-electron chi connectivity index (χ2n) is 5.62. The fraction of sp³-hybridized carbons (Fsp3) is 0.211. The molecule has 0 spiro atoms. The van der Waals surface area contributed by atoms with E-state index in [1.54, 1.807) is 12.4 Å². The van der Waals surface area contributed by atoms with Gasteiger partial charge in [0.25, 0.3) is 0 Å². The third kappa shape index (κ3) is 3.51. The van der Waals surface area contributed by atoms with Crippen LogP contribution in [0.2, 0.25) is 0 Å². The van der Waals surface area contributed by atoms with Crippen molar-refractivity contribution in [3.63, 3.8) is 0 Å². The van der Waals surface area contributed by atoms with Gasteiger partial charge in [-0.1, -0.05) is 18.2 Å². The fourth-order valence-corrected chi connectivity index (χ4v) is 2.56. The van der Waals surface area contributed by atoms with Gasteiger partial charge in [-0.05, 0) is 44.0 Å². The van der Waals surface area contributed by atoms with E-state index in [2.05, 4.69) is 57.6 Å². The summed E-state index contributed by atoms with van der Waals surface area (Å²) in [7, 11) is 0. The Morgan fingerprint density at radius 2 is 1.67 bits per heavy atom. The lowest BCUT2D eigenvalue weighted by Crippen LogP contribution is -2.06. The van der Waals surface area contributed by atoms with Crippen LogP contribution in [0.3, 0.4) is 0 Å². The van der Waals surface area contributed by atoms with Gasteiger partial charge in [-0.2, -0.15) is 4.98 Å². The monoisotopic (exact) mass is 319 g/mol. The number of benzene rings is 1. The third-order valence-electron chi connectivity index (χ3n) is 3.77. The van der Waals surface area contributed by atoms with Crippen molar-refractivity contribution in [1.82, 2.24) is 15.0 Å². The van der Waals surface area contributed by atoms with Gasteiger partial charge in [0, 0.05) is 36.3 Å². The van der Waals surface area contributed by atoms with Crippen LogP contribution in [0.4, 0.5) is 17.5 Å². The highest BCUT2D eigenvalue weighted by Crippen LogP contribution is 2.26. The number of nitrogens with one attached hydrogen (secondary N) is 2. The highest BCUT2D eigenvalue weighted by molar-refractivity contribution is 5.69. The first-order chi connectivity index (χ1) is 11.7. The molecule has 2 N–H and O–H groups in total. The Bertz CT molecular complexity index is 810. The van der Waals surface area contributed by atoms with E-state index < -0.39 is 0 Å². The van der Waals surface area contributed by atoms with Gasteiger partial charge in [0.2, 0.25) is 5.95 Å². The number of hydrogen-bond donors (Lipinski definition) is 2. The average molecular weight is 319 g/mol. The predicted octanol–water partition coefficient (Wildman–Crippen LogP) is 4.33. The van der Waals surface area contributed by atoms with Crippen molar-refractivity contribution in [3.05, 3.63) is 59.9 Å². The quantitative estimate of drug-likeness (QED) is 0.733. The van der Waals surface area contributed by atoms with Gasteiger partial charge in [0.15, 0.2) is 0 Å². The highest BCUT2D eigenvalue weighted by atomic mass is 15.1. The molecule has 0 aliphatic rings. The van der Waals surface area contributed by atoms with Crippen LogP contribution < -0.4 is 10.6 Å². The number of rotatable bonds is 5. The van der Waals surface area contributed by atoms with Gasteiger partial charge in [-0.15, -0.1) is 0 Å². The zero-order valence-corrected chi connectivity index (χ0v) is 14.2. The first-order valence-electron chi connectivity index (χ1n) is 8.04. The number of para-hydroxylation sites is 1. The van der Waals surface area contributed by atoms with E-state index in [-0.39, 0.29) is 0 Å². The van der Waals surface area contributed by atoms with Crippen LogP contribution in [0.5, 0.6) is 0 Å². The predicted molar refractivity (Wildman–Crippen MR) is 98.6 cm³/mol. The Morgan fingerprint density at radius 1 is 0.958 bits per heavy atom. The van der Waals surface area contributed by atoms with E-state index in [0.717, 1.165) is 29.3 Å². The Morgan fingerprint density at radius 3 is 2.33 bits per heavy atom. The van der Waals surface area contributed by atoms with Crippen molar-refractivity contribution in [2.45, 2.75) is 20.8 Å². The molecule has 0 saturated carbocycles. The molecule has 0 atom stereocenters. The van der Waals surface area contributed by atoms with Gasteiger partial charge in [-0.25, -0.2) is 4.98 Å². The first kappa shape index (κ1) is 15.9. The molecular weight excluding hydrogens is 298 g/mol. The normalized spacial score (nSPS) is 10.5. The van der Waals surface area contributed by atoms with E-state index in [4.69, 9.17) is 0 Å². The molecular formula is C19H21N5. The number of aryl methyl sites for hydroxylation is 2. The minimum Gasteiger partial charge on any atom is -0.354 e. The Hall–Kier alpha value is -2.95. The maximum Gasteiger partial charge on any atom is 0.225 e. The molecule has 0 radical (unpaired) electrons. The molecule has 2 aromatic heterocycles. The van der Waals surface area contributed by atoms with Crippen LogP contribution in [-0.2, 0) is 0 Å². The van der Waals surface area contributed by atoms with Crippen LogP contribution in [0, 0.1) is 13.8 Å². The maximum absolute atomic E-state index is 4.59. The fourth-order valence-electron chi connectivity index (χ4n) is 2.56. The number of pyridine rings is 1. The number of aromatic nitrogens is 3. The molecule has 0 bridgehead atoms. The van der Waals surface area contributed by atoms with E-state index in [1.807, 2.05) is 25.1 Å². The van der Waals surface area contributed by atoms with E-state index in [9.17, 15) is 0 Å². The molecule has 24 heavy (non-hydrogen) atoms. The molecule has 1 aromatic carbocycles. The molecule has 0 aliphatic carbocycles. The number of nitrogens with zero attached hydrogens (tertiary/aromatic N) is 3. The lowest BCUT2D eigenvalue weighted by atomic mass is 10.1. The van der Waals surface area contributed by atoms with Crippen LogP contribution in [-0.4, -0.2) is 21.5 Å².